The SMILES string of the molecule is C=CCc1cc(/C=C(/C#N)C(=O)NCCc2c[nH]c3ccccc23)cc(OC)c1OCc1ccc(Cl)cc1. The number of nitriles is 1. The van der Waals surface area contributed by atoms with Crippen LogP contribution in [-0.2, 0) is 24.2 Å². The van der Waals surface area contributed by atoms with Gasteiger partial charge in [0.05, 0.1) is 7.11 Å². The summed E-state index contributed by atoms with van der Waals surface area (Å²) >= 11 is 5.98. The maximum atomic E-state index is 12.8. The van der Waals surface area contributed by atoms with E-state index in [0.29, 0.717) is 48.1 Å². The van der Waals surface area contributed by atoms with Gasteiger partial charge < -0.3 is 19.8 Å². The normalized spacial score (nSPS) is 11.1. The summed E-state index contributed by atoms with van der Waals surface area (Å²) in [7, 11) is 1.55. The fourth-order valence-corrected chi connectivity index (χ4v) is 4.31. The molecule has 0 aliphatic carbocycles. The Labute approximate surface area is 227 Å². The van der Waals surface area contributed by atoms with Gasteiger partial charge in [-0.05, 0) is 65.9 Å². The number of ether oxygens (including phenoxy) is 2. The third-order valence-electron chi connectivity index (χ3n) is 6.07. The zero-order valence-electron chi connectivity index (χ0n) is 21.1. The second kappa shape index (κ2) is 12.7. The molecule has 0 fully saturated rings. The summed E-state index contributed by atoms with van der Waals surface area (Å²) in [6.45, 7) is 4.58. The molecule has 1 amide bonds. The minimum Gasteiger partial charge on any atom is -0.493 e. The summed E-state index contributed by atoms with van der Waals surface area (Å²) in [5, 5.41) is 14.3. The summed E-state index contributed by atoms with van der Waals surface area (Å²) in [6.07, 6.45) is 6.43. The lowest BCUT2D eigenvalue weighted by molar-refractivity contribution is -0.117. The van der Waals surface area contributed by atoms with Crippen LogP contribution >= 0.6 is 11.6 Å². The van der Waals surface area contributed by atoms with E-state index in [4.69, 9.17) is 21.1 Å². The number of halogens is 1. The number of nitrogens with one attached hydrogen (secondary N) is 2. The number of H-pyrrole nitrogens is 1. The molecule has 4 aromatic rings. The van der Waals surface area contributed by atoms with Gasteiger partial charge in [0, 0.05) is 34.2 Å². The molecule has 0 saturated carbocycles. The van der Waals surface area contributed by atoms with E-state index in [0.717, 1.165) is 27.6 Å². The van der Waals surface area contributed by atoms with Crippen LogP contribution in [0.3, 0.4) is 0 Å². The predicted molar refractivity (Wildman–Crippen MR) is 151 cm³/mol. The van der Waals surface area contributed by atoms with Crippen molar-refractivity contribution in [1.82, 2.24) is 10.3 Å². The van der Waals surface area contributed by atoms with E-state index in [2.05, 4.69) is 16.9 Å². The number of carbonyl (C=O) groups excluding carboxylic acids is 1. The third-order valence-corrected chi connectivity index (χ3v) is 6.32. The molecule has 0 radical (unpaired) electrons. The van der Waals surface area contributed by atoms with Crippen LogP contribution in [0.4, 0.5) is 0 Å². The van der Waals surface area contributed by atoms with E-state index >= 15 is 0 Å². The van der Waals surface area contributed by atoms with Gasteiger partial charge in [-0.1, -0.05) is 48.0 Å². The molecule has 192 valence electrons. The highest BCUT2D eigenvalue weighted by Crippen LogP contribution is 2.35. The molecule has 4 rings (SSSR count). The first-order valence-corrected chi connectivity index (χ1v) is 12.5. The lowest BCUT2D eigenvalue weighted by Gasteiger charge is -2.16. The number of aromatic amines is 1. The number of rotatable bonds is 11. The lowest BCUT2D eigenvalue weighted by atomic mass is 10.0. The number of para-hydroxylation sites is 1. The van der Waals surface area contributed by atoms with Gasteiger partial charge >= 0.3 is 0 Å². The summed E-state index contributed by atoms with van der Waals surface area (Å²) in [5.74, 6) is 0.655. The Kier molecular flexibility index (Phi) is 8.86. The molecule has 0 aliphatic rings. The molecule has 0 unspecified atom stereocenters. The molecular weight excluding hydrogens is 498 g/mol. The third kappa shape index (κ3) is 6.44. The van der Waals surface area contributed by atoms with Crippen LogP contribution in [-0.4, -0.2) is 24.5 Å². The van der Waals surface area contributed by atoms with Gasteiger partial charge in [0.1, 0.15) is 18.2 Å². The number of allylic oxidation sites excluding steroid dienone is 1. The highest BCUT2D eigenvalue weighted by Gasteiger charge is 2.15. The number of nitrogens with zero attached hydrogens (tertiary/aromatic N) is 1. The molecule has 1 heterocycles. The highest BCUT2D eigenvalue weighted by atomic mass is 35.5. The molecule has 0 spiro atoms. The van der Waals surface area contributed by atoms with Crippen molar-refractivity contribution in [2.45, 2.75) is 19.4 Å². The predicted octanol–water partition coefficient (Wildman–Crippen LogP) is 6.40. The number of hydrogen-bond acceptors (Lipinski definition) is 4. The molecule has 0 bridgehead atoms. The number of fused-ring (bicyclic) bond motifs is 1. The summed E-state index contributed by atoms with van der Waals surface area (Å²) in [4.78, 5) is 16.0. The molecule has 6 nitrogen and oxygen atoms in total. The fraction of sp³-hybridized carbons (Fsp3) is 0.161. The van der Waals surface area contributed by atoms with Crippen molar-refractivity contribution in [2.75, 3.05) is 13.7 Å². The zero-order chi connectivity index (χ0) is 26.9. The Morgan fingerprint density at radius 3 is 2.68 bits per heavy atom. The van der Waals surface area contributed by atoms with Crippen molar-refractivity contribution >= 4 is 34.5 Å². The lowest BCUT2D eigenvalue weighted by Crippen LogP contribution is -2.26. The van der Waals surface area contributed by atoms with E-state index in [-0.39, 0.29) is 5.57 Å². The Balaban J connectivity index is 1.49. The minimum absolute atomic E-state index is 0.00497. The fourth-order valence-electron chi connectivity index (χ4n) is 4.19. The second-order valence-corrected chi connectivity index (χ2v) is 9.09. The van der Waals surface area contributed by atoms with Crippen molar-refractivity contribution < 1.29 is 14.3 Å². The first-order valence-electron chi connectivity index (χ1n) is 12.2. The monoisotopic (exact) mass is 525 g/mol. The number of amides is 1. The zero-order valence-corrected chi connectivity index (χ0v) is 21.8. The van der Waals surface area contributed by atoms with Crippen LogP contribution < -0.4 is 14.8 Å². The molecule has 3 aromatic carbocycles. The van der Waals surface area contributed by atoms with Crippen LogP contribution in [0.5, 0.6) is 11.5 Å². The molecule has 38 heavy (non-hydrogen) atoms. The molecule has 2 N–H and O–H groups in total. The number of aromatic nitrogens is 1. The number of hydrogen-bond donors (Lipinski definition) is 2. The Bertz CT molecular complexity index is 1510. The van der Waals surface area contributed by atoms with E-state index in [9.17, 15) is 10.1 Å². The summed E-state index contributed by atoms with van der Waals surface area (Å²) in [6, 6.07) is 21.1. The van der Waals surface area contributed by atoms with Gasteiger partial charge in [0.2, 0.25) is 0 Å². The van der Waals surface area contributed by atoms with Crippen LogP contribution in [0.1, 0.15) is 22.3 Å². The number of carbonyl (C=O) groups is 1. The van der Waals surface area contributed by atoms with Crippen molar-refractivity contribution in [3.8, 4) is 17.6 Å². The van der Waals surface area contributed by atoms with Gasteiger partial charge in [0.15, 0.2) is 11.5 Å². The molecule has 1 aromatic heterocycles. The summed E-state index contributed by atoms with van der Waals surface area (Å²) in [5.41, 5.74) is 4.61. The maximum Gasteiger partial charge on any atom is 0.261 e. The quantitative estimate of drug-likeness (QED) is 0.135. The molecule has 0 saturated heterocycles. The Morgan fingerprint density at radius 2 is 1.95 bits per heavy atom. The van der Waals surface area contributed by atoms with Gasteiger partial charge in [-0.15, -0.1) is 6.58 Å². The van der Waals surface area contributed by atoms with Crippen LogP contribution in [0.15, 0.2) is 85.1 Å². The average Bonchev–Trinajstić information content (AvgIpc) is 3.35. The van der Waals surface area contributed by atoms with Crippen molar-refractivity contribution in [3.63, 3.8) is 0 Å². The number of methoxy groups -OCH3 is 1. The van der Waals surface area contributed by atoms with Crippen molar-refractivity contribution in [1.29, 1.82) is 5.26 Å². The molecule has 7 heteroatoms. The molecule has 0 atom stereocenters. The molecular formula is C31H28ClN3O3. The van der Waals surface area contributed by atoms with E-state index in [1.165, 1.54) is 0 Å². The van der Waals surface area contributed by atoms with E-state index < -0.39 is 5.91 Å². The van der Waals surface area contributed by atoms with Crippen LogP contribution in [0.25, 0.3) is 17.0 Å². The molecule has 0 aliphatic heterocycles. The van der Waals surface area contributed by atoms with Gasteiger partial charge in [-0.2, -0.15) is 5.26 Å². The average molecular weight is 526 g/mol. The largest absolute Gasteiger partial charge is 0.493 e. The first kappa shape index (κ1) is 26.6. The van der Waals surface area contributed by atoms with Gasteiger partial charge in [0.25, 0.3) is 5.91 Å². The second-order valence-electron chi connectivity index (χ2n) is 8.65. The Hall–Kier alpha value is -4.47. The van der Waals surface area contributed by atoms with E-state index in [1.807, 2.05) is 66.9 Å². The summed E-state index contributed by atoms with van der Waals surface area (Å²) < 4.78 is 11.7. The van der Waals surface area contributed by atoms with Crippen molar-refractivity contribution in [3.05, 3.63) is 112 Å². The maximum absolute atomic E-state index is 12.8. The topological polar surface area (TPSA) is 87.1 Å². The highest BCUT2D eigenvalue weighted by molar-refractivity contribution is 6.30. The standard InChI is InChI=1S/C31H28ClN3O3/c1-3-6-23-15-22(17-29(37-2)30(23)38-20-21-9-11-26(32)12-10-21)16-25(18-33)31(36)34-14-13-24-19-35-28-8-5-4-7-27(24)28/h3-5,7-12,15-17,19,35H,1,6,13-14,20H2,2H3,(H,34,36)/b25-16-. The van der Waals surface area contributed by atoms with Crippen LogP contribution in [0.2, 0.25) is 5.02 Å². The van der Waals surface area contributed by atoms with E-state index in [1.54, 1.807) is 25.3 Å². The first-order chi connectivity index (χ1) is 18.5. The minimum atomic E-state index is -0.431. The van der Waals surface area contributed by atoms with Gasteiger partial charge in [-0.3, -0.25) is 4.79 Å². The number of benzene rings is 3. The van der Waals surface area contributed by atoms with Crippen LogP contribution in [0, 0.1) is 11.3 Å². The van der Waals surface area contributed by atoms with Crippen molar-refractivity contribution in [2.24, 2.45) is 0 Å². The van der Waals surface area contributed by atoms with Gasteiger partial charge in [-0.25, -0.2) is 0 Å². The Morgan fingerprint density at radius 1 is 1.16 bits per heavy atom. The smallest absolute Gasteiger partial charge is 0.261 e.